The van der Waals surface area contributed by atoms with Crippen molar-refractivity contribution < 1.29 is 4.52 Å². The molecule has 2 N–H and O–H groups in total. The van der Waals surface area contributed by atoms with Gasteiger partial charge in [0.1, 0.15) is 0 Å². The molecule has 0 bridgehead atoms. The summed E-state index contributed by atoms with van der Waals surface area (Å²) < 4.78 is 6.39. The molecule has 2 rings (SSSR count). The Balaban J connectivity index is 2.29. The van der Waals surface area contributed by atoms with Crippen molar-refractivity contribution in [1.82, 2.24) is 10.1 Å². The highest BCUT2D eigenvalue weighted by atomic mass is 79.9. The largest absolute Gasteiger partial charge is 0.339 e. The van der Waals surface area contributed by atoms with Gasteiger partial charge in [-0.05, 0) is 34.8 Å². The molecule has 2 aromatic rings. The van der Waals surface area contributed by atoms with Gasteiger partial charge < -0.3 is 10.3 Å². The van der Waals surface area contributed by atoms with E-state index >= 15 is 0 Å². The minimum Gasteiger partial charge on any atom is -0.339 e. The van der Waals surface area contributed by atoms with Crippen LogP contribution in [0.2, 0.25) is 0 Å². The first-order valence-corrected chi connectivity index (χ1v) is 7.50. The Labute approximate surface area is 119 Å². The van der Waals surface area contributed by atoms with E-state index in [1.54, 1.807) is 11.3 Å². The van der Waals surface area contributed by atoms with E-state index in [1.165, 1.54) is 0 Å². The zero-order chi connectivity index (χ0) is 13.3. The van der Waals surface area contributed by atoms with Crippen molar-refractivity contribution in [2.24, 2.45) is 11.7 Å². The minimum atomic E-state index is -0.00614. The van der Waals surface area contributed by atoms with E-state index in [2.05, 4.69) is 39.9 Å². The molecule has 0 radical (unpaired) electrons. The fraction of sp³-hybridized carbons (Fsp3) is 0.500. The predicted octanol–water partition coefficient (Wildman–Crippen LogP) is 3.65. The van der Waals surface area contributed by atoms with Crippen LogP contribution in [0.3, 0.4) is 0 Å². The molecule has 2 atom stereocenters. The highest BCUT2D eigenvalue weighted by Gasteiger charge is 2.26. The summed E-state index contributed by atoms with van der Waals surface area (Å²) >= 11 is 5.00. The van der Waals surface area contributed by atoms with Crippen LogP contribution in [-0.4, -0.2) is 16.2 Å². The van der Waals surface area contributed by atoms with Gasteiger partial charge in [-0.15, -0.1) is 11.3 Å². The van der Waals surface area contributed by atoms with Gasteiger partial charge in [-0.2, -0.15) is 4.98 Å². The molecule has 98 valence electrons. The molecule has 18 heavy (non-hydrogen) atoms. The maximum absolute atomic E-state index is 5.99. The third-order valence-corrected chi connectivity index (χ3v) is 4.49. The lowest BCUT2D eigenvalue weighted by atomic mass is 9.90. The second kappa shape index (κ2) is 5.50. The van der Waals surface area contributed by atoms with E-state index in [9.17, 15) is 0 Å². The number of thiophene rings is 1. The molecule has 0 saturated carbocycles. The van der Waals surface area contributed by atoms with E-state index in [1.807, 2.05) is 18.4 Å². The summed E-state index contributed by atoms with van der Waals surface area (Å²) in [6.45, 7) is 6.19. The van der Waals surface area contributed by atoms with E-state index < -0.39 is 0 Å². The number of hydrogen-bond acceptors (Lipinski definition) is 5. The molecule has 0 aliphatic carbocycles. The van der Waals surface area contributed by atoms with E-state index in [-0.39, 0.29) is 12.0 Å². The highest BCUT2D eigenvalue weighted by Crippen LogP contribution is 2.31. The zero-order valence-electron chi connectivity index (χ0n) is 10.6. The number of nitrogens with two attached hydrogens (primary N) is 1. The molecule has 0 spiro atoms. The lowest BCUT2D eigenvalue weighted by molar-refractivity contribution is 0.300. The number of nitrogens with zero attached hydrogens (tertiary/aromatic N) is 2. The fourth-order valence-electron chi connectivity index (χ4n) is 2.02. The molecule has 0 aromatic carbocycles. The topological polar surface area (TPSA) is 64.9 Å². The normalized spacial score (nSPS) is 15.0. The zero-order valence-corrected chi connectivity index (χ0v) is 13.0. The summed E-state index contributed by atoms with van der Waals surface area (Å²) in [7, 11) is 0. The summed E-state index contributed by atoms with van der Waals surface area (Å²) in [4.78, 5) is 5.46. The lowest BCUT2D eigenvalue weighted by Gasteiger charge is -2.20. The molecule has 0 fully saturated rings. The summed E-state index contributed by atoms with van der Waals surface area (Å²) in [5.74, 6) is 1.72. The SMILES string of the molecule is CC(C)C(c1nc(-c2cc(Br)cs2)no1)C(C)N. The first-order valence-electron chi connectivity index (χ1n) is 5.82. The molecule has 2 unspecified atom stereocenters. The molecular formula is C12H16BrN3OS. The van der Waals surface area contributed by atoms with Gasteiger partial charge >= 0.3 is 0 Å². The molecule has 2 aromatic heterocycles. The Kier molecular flexibility index (Phi) is 4.19. The molecule has 0 saturated heterocycles. The van der Waals surface area contributed by atoms with E-state index in [0.29, 0.717) is 17.6 Å². The van der Waals surface area contributed by atoms with Crippen LogP contribution in [0.25, 0.3) is 10.7 Å². The summed E-state index contributed by atoms with van der Waals surface area (Å²) in [6.07, 6.45) is 0. The minimum absolute atomic E-state index is 0.00614. The molecule has 0 aliphatic rings. The average Bonchev–Trinajstić information content (AvgIpc) is 2.85. The molecule has 2 heterocycles. The van der Waals surface area contributed by atoms with Gasteiger partial charge in [0.15, 0.2) is 0 Å². The highest BCUT2D eigenvalue weighted by molar-refractivity contribution is 9.10. The van der Waals surface area contributed by atoms with E-state index in [4.69, 9.17) is 10.3 Å². The first-order chi connectivity index (χ1) is 8.49. The third kappa shape index (κ3) is 2.81. The van der Waals surface area contributed by atoms with Crippen molar-refractivity contribution in [2.75, 3.05) is 0 Å². The van der Waals surface area contributed by atoms with Gasteiger partial charge in [0.2, 0.25) is 11.7 Å². The Morgan fingerprint density at radius 1 is 1.39 bits per heavy atom. The van der Waals surface area contributed by atoms with Gasteiger partial charge in [-0.25, -0.2) is 0 Å². The van der Waals surface area contributed by atoms with Crippen molar-refractivity contribution >= 4 is 27.3 Å². The second-order valence-corrected chi connectivity index (χ2v) is 6.54. The summed E-state index contributed by atoms with van der Waals surface area (Å²) in [5, 5.41) is 6.03. The van der Waals surface area contributed by atoms with Crippen LogP contribution in [-0.2, 0) is 0 Å². The first kappa shape index (κ1) is 13.7. The number of hydrogen-bond donors (Lipinski definition) is 1. The number of aromatic nitrogens is 2. The van der Waals surface area contributed by atoms with Gasteiger partial charge in [0, 0.05) is 15.9 Å². The van der Waals surface area contributed by atoms with Crippen LogP contribution >= 0.6 is 27.3 Å². The average molecular weight is 330 g/mol. The number of halogens is 1. The molecule has 0 amide bonds. The summed E-state index contributed by atoms with van der Waals surface area (Å²) in [5.41, 5.74) is 5.99. The van der Waals surface area contributed by atoms with Crippen LogP contribution in [0.4, 0.5) is 0 Å². The Bertz CT molecular complexity index is 513. The van der Waals surface area contributed by atoms with Gasteiger partial charge in [0.05, 0.1) is 10.8 Å². The Morgan fingerprint density at radius 2 is 2.11 bits per heavy atom. The fourth-order valence-corrected chi connectivity index (χ4v) is 3.37. The molecular weight excluding hydrogens is 314 g/mol. The van der Waals surface area contributed by atoms with Crippen molar-refractivity contribution in [3.05, 3.63) is 21.8 Å². The Morgan fingerprint density at radius 3 is 2.61 bits per heavy atom. The number of rotatable bonds is 4. The van der Waals surface area contributed by atoms with Crippen LogP contribution in [0.15, 0.2) is 20.4 Å². The van der Waals surface area contributed by atoms with Crippen molar-refractivity contribution in [2.45, 2.75) is 32.7 Å². The molecule has 4 nitrogen and oxygen atoms in total. The molecule has 6 heteroatoms. The maximum atomic E-state index is 5.99. The van der Waals surface area contributed by atoms with Crippen LogP contribution in [0.5, 0.6) is 0 Å². The Hall–Kier alpha value is -0.720. The molecule has 0 aliphatic heterocycles. The second-order valence-electron chi connectivity index (χ2n) is 4.71. The van der Waals surface area contributed by atoms with Gasteiger partial charge in [-0.3, -0.25) is 0 Å². The summed E-state index contributed by atoms with van der Waals surface area (Å²) in [6, 6.07) is 1.98. The van der Waals surface area contributed by atoms with Crippen molar-refractivity contribution in [3.8, 4) is 10.7 Å². The van der Waals surface area contributed by atoms with Crippen LogP contribution in [0.1, 0.15) is 32.6 Å². The standard InChI is InChI=1S/C12H16BrN3OS/c1-6(2)10(7(3)14)12-15-11(16-17-12)9-4-8(13)5-18-9/h4-7,10H,14H2,1-3H3. The van der Waals surface area contributed by atoms with Crippen molar-refractivity contribution in [3.63, 3.8) is 0 Å². The van der Waals surface area contributed by atoms with Crippen LogP contribution in [0, 0.1) is 5.92 Å². The van der Waals surface area contributed by atoms with Gasteiger partial charge in [0.25, 0.3) is 0 Å². The van der Waals surface area contributed by atoms with Crippen LogP contribution < -0.4 is 5.73 Å². The monoisotopic (exact) mass is 329 g/mol. The smallest absolute Gasteiger partial charge is 0.231 e. The van der Waals surface area contributed by atoms with E-state index in [0.717, 1.165) is 9.35 Å². The van der Waals surface area contributed by atoms with Crippen molar-refractivity contribution in [1.29, 1.82) is 0 Å². The lowest BCUT2D eigenvalue weighted by Crippen LogP contribution is -2.28. The third-order valence-electron chi connectivity index (χ3n) is 2.80. The maximum Gasteiger partial charge on any atom is 0.231 e. The predicted molar refractivity (Wildman–Crippen MR) is 76.5 cm³/mol. The quantitative estimate of drug-likeness (QED) is 0.929. The van der Waals surface area contributed by atoms with Gasteiger partial charge in [-0.1, -0.05) is 19.0 Å².